The lowest BCUT2D eigenvalue weighted by molar-refractivity contribution is -0.132. The van der Waals surface area contributed by atoms with Gasteiger partial charge in [-0.2, -0.15) is 5.10 Å². The third-order valence-electron chi connectivity index (χ3n) is 5.46. The number of carbonyl (C=O) groups is 1. The number of hydrogen-bond acceptors (Lipinski definition) is 4. The standard InChI is InChI=1S/C21H26N6O/c1-17-4-10-24-27(17)13-7-20(28)25-12-2-3-19(16-25)21-23-11-14-26(21)15-18-5-8-22-9-6-18/h4-6,8-11,14,19H,2-3,7,12-13,15-16H2,1H3. The first-order valence-electron chi connectivity index (χ1n) is 9.87. The highest BCUT2D eigenvalue weighted by atomic mass is 16.2. The predicted molar refractivity (Wildman–Crippen MR) is 106 cm³/mol. The van der Waals surface area contributed by atoms with Crippen LogP contribution < -0.4 is 0 Å². The minimum absolute atomic E-state index is 0.201. The fourth-order valence-corrected chi connectivity index (χ4v) is 3.91. The average Bonchev–Trinajstić information content (AvgIpc) is 3.36. The Morgan fingerprint density at radius 3 is 2.82 bits per heavy atom. The highest BCUT2D eigenvalue weighted by Crippen LogP contribution is 2.26. The third kappa shape index (κ3) is 4.13. The van der Waals surface area contributed by atoms with Gasteiger partial charge in [0.25, 0.3) is 0 Å². The van der Waals surface area contributed by atoms with Gasteiger partial charge in [-0.3, -0.25) is 14.5 Å². The van der Waals surface area contributed by atoms with Crippen molar-refractivity contribution in [1.29, 1.82) is 0 Å². The van der Waals surface area contributed by atoms with Gasteiger partial charge in [0.1, 0.15) is 5.82 Å². The molecule has 4 heterocycles. The first kappa shape index (κ1) is 18.4. The Labute approximate surface area is 165 Å². The number of piperidine rings is 1. The van der Waals surface area contributed by atoms with Crippen molar-refractivity contribution in [2.75, 3.05) is 13.1 Å². The van der Waals surface area contributed by atoms with Crippen LogP contribution in [-0.4, -0.2) is 48.2 Å². The fourth-order valence-electron chi connectivity index (χ4n) is 3.91. The molecular weight excluding hydrogens is 352 g/mol. The maximum atomic E-state index is 12.7. The summed E-state index contributed by atoms with van der Waals surface area (Å²) in [6, 6.07) is 6.01. The number of aromatic nitrogens is 5. The molecule has 0 radical (unpaired) electrons. The van der Waals surface area contributed by atoms with E-state index in [1.54, 1.807) is 6.20 Å². The van der Waals surface area contributed by atoms with Crippen LogP contribution in [0.1, 0.15) is 42.3 Å². The Kier molecular flexibility index (Phi) is 5.50. The van der Waals surface area contributed by atoms with E-state index in [2.05, 4.69) is 19.6 Å². The summed E-state index contributed by atoms with van der Waals surface area (Å²) in [4.78, 5) is 23.5. The summed E-state index contributed by atoms with van der Waals surface area (Å²) in [6.45, 7) is 5.00. The van der Waals surface area contributed by atoms with Gasteiger partial charge in [0.15, 0.2) is 0 Å². The van der Waals surface area contributed by atoms with Crippen LogP contribution in [0.15, 0.2) is 49.2 Å². The fraction of sp³-hybridized carbons (Fsp3) is 0.429. The summed E-state index contributed by atoms with van der Waals surface area (Å²) in [5, 5.41) is 4.27. The van der Waals surface area contributed by atoms with E-state index in [-0.39, 0.29) is 11.8 Å². The quantitative estimate of drug-likeness (QED) is 0.661. The molecule has 1 atom stereocenters. The zero-order valence-electron chi connectivity index (χ0n) is 16.2. The van der Waals surface area contributed by atoms with Gasteiger partial charge >= 0.3 is 0 Å². The Balaban J connectivity index is 1.39. The van der Waals surface area contributed by atoms with Crippen LogP contribution in [-0.2, 0) is 17.9 Å². The van der Waals surface area contributed by atoms with Crippen molar-refractivity contribution in [2.45, 2.75) is 45.2 Å². The average molecular weight is 378 g/mol. The van der Waals surface area contributed by atoms with Gasteiger partial charge < -0.3 is 9.47 Å². The van der Waals surface area contributed by atoms with Gasteiger partial charge in [-0.05, 0) is 43.5 Å². The number of aryl methyl sites for hydroxylation is 2. The summed E-state index contributed by atoms with van der Waals surface area (Å²) in [6.07, 6.45) is 11.9. The van der Waals surface area contributed by atoms with E-state index in [9.17, 15) is 4.79 Å². The van der Waals surface area contributed by atoms with Crippen molar-refractivity contribution in [1.82, 2.24) is 29.2 Å². The highest BCUT2D eigenvalue weighted by molar-refractivity contribution is 5.76. The molecule has 0 saturated carbocycles. The number of rotatable bonds is 6. The Morgan fingerprint density at radius 1 is 1.18 bits per heavy atom. The third-order valence-corrected chi connectivity index (χ3v) is 5.46. The van der Waals surface area contributed by atoms with Crippen LogP contribution in [0.3, 0.4) is 0 Å². The molecular formula is C21H26N6O. The summed E-state index contributed by atoms with van der Waals surface area (Å²) >= 11 is 0. The van der Waals surface area contributed by atoms with Gasteiger partial charge in [-0.15, -0.1) is 0 Å². The largest absolute Gasteiger partial charge is 0.342 e. The van der Waals surface area contributed by atoms with Gasteiger partial charge in [0.05, 0.1) is 0 Å². The molecule has 1 aliphatic rings. The van der Waals surface area contributed by atoms with Crippen LogP contribution in [0.4, 0.5) is 0 Å². The minimum atomic E-state index is 0.201. The number of hydrogen-bond donors (Lipinski definition) is 0. The molecule has 0 spiro atoms. The molecule has 28 heavy (non-hydrogen) atoms. The second kappa shape index (κ2) is 8.37. The van der Waals surface area contributed by atoms with Crippen molar-refractivity contribution in [3.63, 3.8) is 0 Å². The van der Waals surface area contributed by atoms with Crippen molar-refractivity contribution < 1.29 is 4.79 Å². The molecule has 4 rings (SSSR count). The van der Waals surface area contributed by atoms with Crippen molar-refractivity contribution >= 4 is 5.91 Å². The monoisotopic (exact) mass is 378 g/mol. The molecule has 0 bridgehead atoms. The first-order chi connectivity index (χ1) is 13.7. The molecule has 0 aliphatic carbocycles. The molecule has 3 aromatic rings. The van der Waals surface area contributed by atoms with E-state index in [0.29, 0.717) is 13.0 Å². The number of amides is 1. The van der Waals surface area contributed by atoms with Crippen molar-refractivity contribution in [3.05, 3.63) is 66.3 Å². The van der Waals surface area contributed by atoms with Crippen LogP contribution in [0.5, 0.6) is 0 Å². The van der Waals surface area contributed by atoms with Crippen molar-refractivity contribution in [2.24, 2.45) is 0 Å². The minimum Gasteiger partial charge on any atom is -0.342 e. The Bertz CT molecular complexity index is 916. The van der Waals surface area contributed by atoms with E-state index < -0.39 is 0 Å². The maximum absolute atomic E-state index is 12.7. The molecule has 1 aliphatic heterocycles. The van der Waals surface area contributed by atoms with Crippen LogP contribution in [0, 0.1) is 6.92 Å². The maximum Gasteiger partial charge on any atom is 0.224 e. The molecule has 7 nitrogen and oxygen atoms in total. The Morgan fingerprint density at radius 2 is 2.04 bits per heavy atom. The summed E-state index contributed by atoms with van der Waals surface area (Å²) in [5.74, 6) is 1.55. The van der Waals surface area contributed by atoms with E-state index >= 15 is 0 Å². The molecule has 1 fully saturated rings. The van der Waals surface area contributed by atoms with E-state index in [1.165, 1.54) is 5.56 Å². The van der Waals surface area contributed by atoms with Gasteiger partial charge in [0, 0.05) is 75.2 Å². The first-order valence-corrected chi connectivity index (χ1v) is 9.87. The van der Waals surface area contributed by atoms with Gasteiger partial charge in [0.2, 0.25) is 5.91 Å². The van der Waals surface area contributed by atoms with Crippen LogP contribution >= 0.6 is 0 Å². The van der Waals surface area contributed by atoms with Crippen LogP contribution in [0.25, 0.3) is 0 Å². The second-order valence-corrected chi connectivity index (χ2v) is 7.39. The second-order valence-electron chi connectivity index (χ2n) is 7.39. The normalized spacial score (nSPS) is 17.0. The van der Waals surface area contributed by atoms with Gasteiger partial charge in [-0.25, -0.2) is 4.98 Å². The van der Waals surface area contributed by atoms with E-state index in [4.69, 9.17) is 0 Å². The highest BCUT2D eigenvalue weighted by Gasteiger charge is 2.27. The molecule has 3 aromatic heterocycles. The number of imidazole rings is 1. The topological polar surface area (TPSA) is 68.8 Å². The zero-order valence-corrected chi connectivity index (χ0v) is 16.2. The summed E-state index contributed by atoms with van der Waals surface area (Å²) in [7, 11) is 0. The predicted octanol–water partition coefficient (Wildman–Crippen LogP) is 2.63. The SMILES string of the molecule is Cc1ccnn1CCC(=O)N1CCCC(c2nccn2Cc2ccncc2)C1. The molecule has 1 saturated heterocycles. The van der Waals surface area contributed by atoms with E-state index in [1.807, 2.05) is 59.5 Å². The van der Waals surface area contributed by atoms with Gasteiger partial charge in [-0.1, -0.05) is 0 Å². The smallest absolute Gasteiger partial charge is 0.224 e. The molecule has 7 heteroatoms. The molecule has 0 N–H and O–H groups in total. The molecule has 146 valence electrons. The number of pyridine rings is 1. The lowest BCUT2D eigenvalue weighted by Crippen LogP contribution is -2.40. The zero-order chi connectivity index (χ0) is 19.3. The lowest BCUT2D eigenvalue weighted by Gasteiger charge is -2.33. The molecule has 1 amide bonds. The van der Waals surface area contributed by atoms with Crippen molar-refractivity contribution in [3.8, 4) is 0 Å². The number of likely N-dealkylation sites (tertiary alicyclic amines) is 1. The number of nitrogens with zero attached hydrogens (tertiary/aromatic N) is 6. The van der Waals surface area contributed by atoms with E-state index in [0.717, 1.165) is 44.0 Å². The Hall–Kier alpha value is -2.96. The number of carbonyl (C=O) groups excluding carboxylic acids is 1. The molecule has 0 aromatic carbocycles. The lowest BCUT2D eigenvalue weighted by atomic mass is 9.96. The summed E-state index contributed by atoms with van der Waals surface area (Å²) in [5.41, 5.74) is 2.29. The van der Waals surface area contributed by atoms with Crippen LogP contribution in [0.2, 0.25) is 0 Å². The molecule has 1 unspecified atom stereocenters. The summed E-state index contributed by atoms with van der Waals surface area (Å²) < 4.78 is 4.09.